The van der Waals surface area contributed by atoms with E-state index in [1.165, 1.54) is 24.3 Å². The third-order valence-electron chi connectivity index (χ3n) is 5.25. The predicted molar refractivity (Wildman–Crippen MR) is 103 cm³/mol. The molecular weight excluding hydrogens is 388 g/mol. The summed E-state index contributed by atoms with van der Waals surface area (Å²) in [7, 11) is 0. The topological polar surface area (TPSA) is 0 Å². The third kappa shape index (κ3) is 4.70. The minimum atomic E-state index is -0.754. The zero-order valence-corrected chi connectivity index (χ0v) is 16.4. The molecule has 0 heterocycles. The zero-order valence-electron chi connectivity index (χ0n) is 15.6. The maximum atomic E-state index is 14.2. The van der Waals surface area contributed by atoms with Crippen LogP contribution in [-0.4, -0.2) is 0 Å². The average molecular weight is 409 g/mol. The van der Waals surface area contributed by atoms with Gasteiger partial charge in [0.25, 0.3) is 0 Å². The zero-order chi connectivity index (χ0) is 20.3. The number of benzene rings is 2. The van der Waals surface area contributed by atoms with Gasteiger partial charge in [0.2, 0.25) is 0 Å². The van der Waals surface area contributed by atoms with Crippen LogP contribution in [0.15, 0.2) is 24.3 Å². The summed E-state index contributed by atoms with van der Waals surface area (Å²) in [5, 5.41) is -0.489. The van der Waals surface area contributed by atoms with E-state index in [2.05, 4.69) is 11.8 Å². The number of halogens is 5. The van der Waals surface area contributed by atoms with Crippen molar-refractivity contribution in [3.05, 3.63) is 69.2 Å². The van der Waals surface area contributed by atoms with Crippen LogP contribution in [0.5, 0.6) is 0 Å². The summed E-state index contributed by atoms with van der Waals surface area (Å²) >= 11 is 5.53. The molecule has 1 fully saturated rings. The lowest BCUT2D eigenvalue weighted by Gasteiger charge is -2.26. The van der Waals surface area contributed by atoms with Crippen LogP contribution in [0.25, 0.3) is 0 Å². The van der Waals surface area contributed by atoms with Crippen molar-refractivity contribution in [1.29, 1.82) is 0 Å². The van der Waals surface area contributed by atoms with Gasteiger partial charge in [-0.05, 0) is 73.4 Å². The molecule has 0 unspecified atom stereocenters. The van der Waals surface area contributed by atoms with Crippen molar-refractivity contribution in [3.8, 4) is 11.8 Å². The van der Waals surface area contributed by atoms with Crippen molar-refractivity contribution < 1.29 is 17.6 Å². The fourth-order valence-electron chi connectivity index (χ4n) is 3.73. The normalized spacial score (nSPS) is 19.2. The molecule has 0 aliphatic heterocycles. The summed E-state index contributed by atoms with van der Waals surface area (Å²) in [6, 6.07) is 5.25. The van der Waals surface area contributed by atoms with Crippen molar-refractivity contribution in [2.24, 2.45) is 5.92 Å². The minimum absolute atomic E-state index is 0.00682. The van der Waals surface area contributed by atoms with Gasteiger partial charge < -0.3 is 0 Å². The molecule has 0 spiro atoms. The molecule has 0 nitrogen and oxygen atoms in total. The Morgan fingerprint density at radius 2 is 1.46 bits per heavy atom. The quantitative estimate of drug-likeness (QED) is 0.287. The van der Waals surface area contributed by atoms with Crippen LogP contribution < -0.4 is 0 Å². The summed E-state index contributed by atoms with van der Waals surface area (Å²) in [5.41, 5.74) is 1.03. The minimum Gasteiger partial charge on any atom is -0.206 e. The molecule has 1 aliphatic carbocycles. The van der Waals surface area contributed by atoms with Gasteiger partial charge in [0.05, 0.1) is 5.56 Å². The average Bonchev–Trinajstić information content (AvgIpc) is 2.66. The fraction of sp³-hybridized carbons (Fsp3) is 0.391. The highest BCUT2D eigenvalue weighted by Crippen LogP contribution is 2.37. The Hall–Kier alpha value is -1.99. The Balaban J connectivity index is 1.67. The van der Waals surface area contributed by atoms with Gasteiger partial charge in [0.15, 0.2) is 0 Å². The predicted octanol–water partition coefficient (Wildman–Crippen LogP) is 7.17. The Kier molecular flexibility index (Phi) is 6.67. The van der Waals surface area contributed by atoms with Crippen LogP contribution in [-0.2, 0) is 6.42 Å². The van der Waals surface area contributed by atoms with Crippen LogP contribution in [0.3, 0.4) is 0 Å². The second kappa shape index (κ2) is 9.01. The molecule has 3 rings (SSSR count). The maximum Gasteiger partial charge on any atom is 0.145 e. The van der Waals surface area contributed by atoms with Crippen LogP contribution in [0.1, 0.15) is 61.6 Å². The summed E-state index contributed by atoms with van der Waals surface area (Å²) in [4.78, 5) is 0. The van der Waals surface area contributed by atoms with Crippen LogP contribution in [0.2, 0.25) is 5.02 Å². The Bertz CT molecular complexity index is 872. The summed E-state index contributed by atoms with van der Waals surface area (Å²) in [6.45, 7) is 1.95. The molecule has 148 valence electrons. The molecule has 5 heteroatoms. The number of aryl methyl sites for hydroxylation is 1. The van der Waals surface area contributed by atoms with Crippen LogP contribution in [0, 0.1) is 41.0 Å². The monoisotopic (exact) mass is 408 g/mol. The van der Waals surface area contributed by atoms with Crippen molar-refractivity contribution in [2.45, 2.75) is 51.4 Å². The Morgan fingerprint density at radius 3 is 2.00 bits per heavy atom. The van der Waals surface area contributed by atoms with Gasteiger partial charge in [-0.15, -0.1) is 0 Å². The maximum absolute atomic E-state index is 14.2. The Labute approximate surface area is 167 Å². The number of rotatable bonds is 3. The summed E-state index contributed by atoms with van der Waals surface area (Å²) in [6.07, 6.45) is 4.27. The second-order valence-electron chi connectivity index (χ2n) is 7.30. The van der Waals surface area contributed by atoms with E-state index in [-0.39, 0.29) is 17.4 Å². The van der Waals surface area contributed by atoms with Gasteiger partial charge in [0.1, 0.15) is 28.3 Å². The smallest absolute Gasteiger partial charge is 0.145 e. The van der Waals surface area contributed by atoms with Gasteiger partial charge in [-0.3, -0.25) is 0 Å². The first-order valence-corrected chi connectivity index (χ1v) is 9.90. The molecule has 1 saturated carbocycles. The van der Waals surface area contributed by atoms with Gasteiger partial charge in [0, 0.05) is 5.92 Å². The molecule has 0 saturated heterocycles. The van der Waals surface area contributed by atoms with E-state index in [4.69, 9.17) is 11.6 Å². The molecule has 0 bridgehead atoms. The van der Waals surface area contributed by atoms with Gasteiger partial charge in [-0.25, -0.2) is 17.6 Å². The van der Waals surface area contributed by atoms with Crippen molar-refractivity contribution in [3.63, 3.8) is 0 Å². The van der Waals surface area contributed by atoms with E-state index in [0.29, 0.717) is 43.2 Å². The highest BCUT2D eigenvalue weighted by atomic mass is 35.5. The lowest BCUT2D eigenvalue weighted by Crippen LogP contribution is -2.12. The molecule has 28 heavy (non-hydrogen) atoms. The number of hydrogen-bond acceptors (Lipinski definition) is 0. The summed E-state index contributed by atoms with van der Waals surface area (Å²) in [5.74, 6) is 2.91. The highest BCUT2D eigenvalue weighted by Gasteiger charge is 2.23. The molecular formula is C23H21ClF4. The lowest BCUT2D eigenvalue weighted by atomic mass is 9.79. The van der Waals surface area contributed by atoms with Gasteiger partial charge in [-0.1, -0.05) is 36.8 Å². The van der Waals surface area contributed by atoms with Gasteiger partial charge in [-0.2, -0.15) is 0 Å². The first kappa shape index (κ1) is 20.7. The molecule has 0 radical (unpaired) electrons. The van der Waals surface area contributed by atoms with Crippen molar-refractivity contribution in [1.82, 2.24) is 0 Å². The largest absolute Gasteiger partial charge is 0.206 e. The molecule has 2 aromatic rings. The second-order valence-corrected chi connectivity index (χ2v) is 7.68. The van der Waals surface area contributed by atoms with E-state index in [1.54, 1.807) is 0 Å². The Morgan fingerprint density at radius 1 is 0.893 bits per heavy atom. The van der Waals surface area contributed by atoms with E-state index in [9.17, 15) is 17.6 Å². The van der Waals surface area contributed by atoms with Crippen molar-refractivity contribution >= 4 is 11.6 Å². The SMILES string of the molecule is CCCc1cc(F)c(C#C[C@H]2CC[C@H](c3cc(F)c(Cl)c(F)c3)CC2)c(F)c1. The van der Waals surface area contributed by atoms with Crippen LogP contribution in [0.4, 0.5) is 17.6 Å². The van der Waals surface area contributed by atoms with Crippen LogP contribution >= 0.6 is 11.6 Å². The summed E-state index contributed by atoms with van der Waals surface area (Å²) < 4.78 is 55.6. The highest BCUT2D eigenvalue weighted by molar-refractivity contribution is 6.30. The number of hydrogen-bond donors (Lipinski definition) is 0. The van der Waals surface area contributed by atoms with E-state index >= 15 is 0 Å². The molecule has 2 aromatic carbocycles. The first-order chi connectivity index (χ1) is 13.4. The lowest BCUT2D eigenvalue weighted by molar-refractivity contribution is 0.382. The molecule has 0 atom stereocenters. The molecule has 0 N–H and O–H groups in total. The molecule has 0 amide bonds. The van der Waals surface area contributed by atoms with E-state index < -0.39 is 28.3 Å². The fourth-order valence-corrected chi connectivity index (χ4v) is 3.84. The molecule has 0 aromatic heterocycles. The van der Waals surface area contributed by atoms with E-state index in [0.717, 1.165) is 6.42 Å². The van der Waals surface area contributed by atoms with Gasteiger partial charge >= 0.3 is 0 Å². The van der Waals surface area contributed by atoms with E-state index in [1.807, 2.05) is 6.92 Å². The molecule has 1 aliphatic rings. The third-order valence-corrected chi connectivity index (χ3v) is 5.61. The standard InChI is InChI=1S/C23H21ClF4/c1-2-3-15-10-19(25)18(20(26)11-15)9-6-14-4-7-16(8-5-14)17-12-21(27)23(24)22(28)13-17/h10-14,16H,2-5,7-8H2,1H3/t14-,16-. The first-order valence-electron chi connectivity index (χ1n) is 9.53. The van der Waals surface area contributed by atoms with Crippen molar-refractivity contribution in [2.75, 3.05) is 0 Å².